The number of carbonyl (C=O) groups is 1. The number of aromatic carboxylic acids is 1. The van der Waals surface area contributed by atoms with Crippen LogP contribution < -0.4 is 0 Å². The summed E-state index contributed by atoms with van der Waals surface area (Å²) >= 11 is 0. The summed E-state index contributed by atoms with van der Waals surface area (Å²) in [6.07, 6.45) is 4.71. The van der Waals surface area contributed by atoms with E-state index in [9.17, 15) is 14.0 Å². The van der Waals surface area contributed by atoms with Crippen LogP contribution in [0.5, 0.6) is 0 Å². The Morgan fingerprint density at radius 1 is 1.42 bits per heavy atom. The zero-order valence-corrected chi connectivity index (χ0v) is 10.6. The predicted molar refractivity (Wildman–Crippen MR) is 66.4 cm³/mol. The fourth-order valence-corrected chi connectivity index (χ4v) is 2.83. The lowest BCUT2D eigenvalue weighted by molar-refractivity contribution is 0.0691. The van der Waals surface area contributed by atoms with Gasteiger partial charge >= 0.3 is 5.97 Å². The van der Waals surface area contributed by atoms with Gasteiger partial charge in [0.1, 0.15) is 5.82 Å². The number of carbonyl (C=O) groups excluding carboxylic acids is 1. The molecule has 1 aliphatic carbocycles. The number of hydrogen-bond acceptors (Lipinski definition) is 3. The van der Waals surface area contributed by atoms with E-state index in [0.717, 1.165) is 12.8 Å². The average Bonchev–Trinajstić information content (AvgIpc) is 2.78. The molecule has 4 nitrogen and oxygen atoms in total. The molecular formula is C14H14FNO3. The maximum Gasteiger partial charge on any atom is 0.338 e. The highest BCUT2D eigenvalue weighted by Crippen LogP contribution is 2.43. The zero-order chi connectivity index (χ0) is 14.0. The van der Waals surface area contributed by atoms with Crippen molar-refractivity contribution < 1.29 is 19.1 Å². The van der Waals surface area contributed by atoms with Crippen LogP contribution in [0.1, 0.15) is 47.2 Å². The van der Waals surface area contributed by atoms with Crippen LogP contribution in [0.3, 0.4) is 0 Å². The molecule has 0 aliphatic heterocycles. The molecule has 0 aromatic heterocycles. The first-order valence-corrected chi connectivity index (χ1v) is 6.13. The van der Waals surface area contributed by atoms with Crippen LogP contribution in [-0.4, -0.2) is 17.2 Å². The predicted octanol–water partition coefficient (Wildman–Crippen LogP) is 2.94. The summed E-state index contributed by atoms with van der Waals surface area (Å²) in [6.45, 7) is 1.70. The molecule has 0 radical (unpaired) electrons. The van der Waals surface area contributed by atoms with Crippen molar-refractivity contribution in [1.82, 2.24) is 0 Å². The number of aliphatic imine (C=N–C) groups is 1. The number of carboxylic acids is 1. The molecule has 19 heavy (non-hydrogen) atoms. The van der Waals surface area contributed by atoms with Crippen LogP contribution in [0.4, 0.5) is 4.39 Å². The van der Waals surface area contributed by atoms with E-state index in [2.05, 4.69) is 4.99 Å². The molecule has 1 aliphatic rings. The van der Waals surface area contributed by atoms with Crippen molar-refractivity contribution in [2.24, 2.45) is 4.99 Å². The first-order valence-electron chi connectivity index (χ1n) is 6.13. The van der Waals surface area contributed by atoms with Gasteiger partial charge in [0, 0.05) is 0 Å². The van der Waals surface area contributed by atoms with Crippen LogP contribution in [0.2, 0.25) is 0 Å². The second-order valence-electron chi connectivity index (χ2n) is 4.89. The quantitative estimate of drug-likeness (QED) is 0.673. The zero-order valence-electron chi connectivity index (χ0n) is 10.6. The third-order valence-corrected chi connectivity index (χ3v) is 3.74. The molecule has 1 aromatic rings. The summed E-state index contributed by atoms with van der Waals surface area (Å²) in [7, 11) is 0. The lowest BCUT2D eigenvalue weighted by atomic mass is 9.84. The Labute approximate surface area is 110 Å². The molecular weight excluding hydrogens is 249 g/mol. The van der Waals surface area contributed by atoms with Gasteiger partial charge in [-0.15, -0.1) is 0 Å². The summed E-state index contributed by atoms with van der Waals surface area (Å²) in [6, 6.07) is 2.50. The van der Waals surface area contributed by atoms with E-state index < -0.39 is 17.3 Å². The second-order valence-corrected chi connectivity index (χ2v) is 4.89. The standard InChI is InChI=1S/C14H14FNO3/c1-9-6-12(15)10(13(18)19)7-11(9)14(16-8-17)4-2-3-5-14/h6-7H,2-5H2,1H3,(H,18,19). The number of isocyanates is 1. The maximum atomic E-state index is 13.6. The van der Waals surface area contributed by atoms with Gasteiger partial charge in [-0.25, -0.2) is 14.0 Å². The Morgan fingerprint density at radius 2 is 2.05 bits per heavy atom. The molecule has 5 heteroatoms. The minimum atomic E-state index is -1.32. The summed E-state index contributed by atoms with van der Waals surface area (Å²) < 4.78 is 13.6. The Bertz CT molecular complexity index is 570. The highest BCUT2D eigenvalue weighted by molar-refractivity contribution is 5.88. The monoisotopic (exact) mass is 263 g/mol. The van der Waals surface area contributed by atoms with E-state index in [0.29, 0.717) is 24.0 Å². The first-order chi connectivity index (χ1) is 9.00. The molecule has 1 saturated carbocycles. The molecule has 1 fully saturated rings. The Kier molecular flexibility index (Phi) is 3.49. The minimum absolute atomic E-state index is 0.382. The van der Waals surface area contributed by atoms with Crippen LogP contribution in [0, 0.1) is 12.7 Å². The van der Waals surface area contributed by atoms with Gasteiger partial charge in [-0.3, -0.25) is 0 Å². The largest absolute Gasteiger partial charge is 0.478 e. The van der Waals surface area contributed by atoms with Crippen LogP contribution >= 0.6 is 0 Å². The van der Waals surface area contributed by atoms with Gasteiger partial charge in [0.15, 0.2) is 0 Å². The Balaban J connectivity index is 2.63. The SMILES string of the molecule is Cc1cc(F)c(C(=O)O)cc1C1(N=C=O)CCCC1. The fourth-order valence-electron chi connectivity index (χ4n) is 2.83. The van der Waals surface area contributed by atoms with Crippen molar-refractivity contribution in [2.45, 2.75) is 38.1 Å². The number of benzene rings is 1. The molecule has 0 spiro atoms. The molecule has 0 heterocycles. The fraction of sp³-hybridized carbons (Fsp3) is 0.429. The van der Waals surface area contributed by atoms with Gasteiger partial charge in [-0.2, -0.15) is 4.99 Å². The first kappa shape index (κ1) is 13.4. The van der Waals surface area contributed by atoms with Gasteiger partial charge < -0.3 is 5.11 Å². The van der Waals surface area contributed by atoms with Crippen LogP contribution in [-0.2, 0) is 10.3 Å². The summed E-state index contributed by atoms with van der Waals surface area (Å²) in [5, 5.41) is 8.99. The number of halogens is 1. The van der Waals surface area contributed by atoms with E-state index in [1.807, 2.05) is 0 Å². The topological polar surface area (TPSA) is 66.7 Å². The van der Waals surface area contributed by atoms with Crippen molar-refractivity contribution in [3.05, 3.63) is 34.6 Å². The van der Waals surface area contributed by atoms with Crippen molar-refractivity contribution in [3.8, 4) is 0 Å². The number of nitrogens with zero attached hydrogens (tertiary/aromatic N) is 1. The molecule has 0 saturated heterocycles. The molecule has 0 amide bonds. The van der Waals surface area contributed by atoms with E-state index in [1.54, 1.807) is 13.0 Å². The Morgan fingerprint density at radius 3 is 2.58 bits per heavy atom. The average molecular weight is 263 g/mol. The number of hydrogen-bond donors (Lipinski definition) is 1. The normalized spacial score (nSPS) is 16.9. The molecule has 0 bridgehead atoms. The summed E-state index contributed by atoms with van der Waals surface area (Å²) in [5.41, 5.74) is 0.118. The number of carboxylic acid groups (broad SMARTS) is 1. The molecule has 0 atom stereocenters. The van der Waals surface area contributed by atoms with Crippen molar-refractivity contribution >= 4 is 12.0 Å². The van der Waals surface area contributed by atoms with Crippen molar-refractivity contribution in [1.29, 1.82) is 0 Å². The number of rotatable bonds is 3. The molecule has 100 valence electrons. The molecule has 1 N–H and O–H groups in total. The third-order valence-electron chi connectivity index (χ3n) is 3.74. The van der Waals surface area contributed by atoms with E-state index >= 15 is 0 Å². The van der Waals surface area contributed by atoms with Crippen molar-refractivity contribution in [3.63, 3.8) is 0 Å². The Hall–Kier alpha value is -2.00. The lowest BCUT2D eigenvalue weighted by Crippen LogP contribution is -2.21. The van der Waals surface area contributed by atoms with Gasteiger partial charge in [-0.05, 0) is 43.0 Å². The van der Waals surface area contributed by atoms with Crippen molar-refractivity contribution in [2.75, 3.05) is 0 Å². The van der Waals surface area contributed by atoms with Gasteiger partial charge in [-0.1, -0.05) is 12.8 Å². The maximum absolute atomic E-state index is 13.6. The minimum Gasteiger partial charge on any atom is -0.478 e. The van der Waals surface area contributed by atoms with Crippen LogP contribution in [0.15, 0.2) is 17.1 Å². The van der Waals surface area contributed by atoms with E-state index in [4.69, 9.17) is 5.11 Å². The summed E-state index contributed by atoms with van der Waals surface area (Å²) in [5.74, 6) is -2.08. The third kappa shape index (κ3) is 2.29. The highest BCUT2D eigenvalue weighted by Gasteiger charge is 2.37. The highest BCUT2D eigenvalue weighted by atomic mass is 19.1. The van der Waals surface area contributed by atoms with Gasteiger partial charge in [0.25, 0.3) is 0 Å². The van der Waals surface area contributed by atoms with E-state index in [-0.39, 0.29) is 5.56 Å². The molecule has 2 rings (SSSR count). The summed E-state index contributed by atoms with van der Waals surface area (Å²) in [4.78, 5) is 25.6. The smallest absolute Gasteiger partial charge is 0.338 e. The number of aryl methyl sites for hydroxylation is 1. The lowest BCUT2D eigenvalue weighted by Gasteiger charge is -2.25. The molecule has 0 unspecified atom stereocenters. The second kappa shape index (κ2) is 4.94. The van der Waals surface area contributed by atoms with Crippen LogP contribution in [0.25, 0.3) is 0 Å². The van der Waals surface area contributed by atoms with E-state index in [1.165, 1.54) is 12.1 Å². The van der Waals surface area contributed by atoms with Gasteiger partial charge in [0.2, 0.25) is 6.08 Å². The van der Waals surface area contributed by atoms with Gasteiger partial charge in [0.05, 0.1) is 11.1 Å². The molecule has 1 aromatic carbocycles.